The molecule has 0 heterocycles. The number of carbonyl (C=O) groups excluding carboxylic acids is 2. The Balaban J connectivity index is 1.54. The van der Waals surface area contributed by atoms with E-state index in [0.717, 1.165) is 22.6 Å². The van der Waals surface area contributed by atoms with Crippen LogP contribution in [0.5, 0.6) is 11.5 Å². The third-order valence-electron chi connectivity index (χ3n) is 7.02. The summed E-state index contributed by atoms with van der Waals surface area (Å²) in [4.78, 5) is 31.3. The molecule has 0 aliphatic carbocycles. The van der Waals surface area contributed by atoms with Crippen LogP contribution >= 0.6 is 0 Å². The molecular formula is C38H44N2O4. The maximum atomic E-state index is 13.9. The summed E-state index contributed by atoms with van der Waals surface area (Å²) >= 11 is 0. The van der Waals surface area contributed by atoms with Crippen LogP contribution in [0.4, 0.5) is 0 Å². The van der Waals surface area contributed by atoms with E-state index >= 15 is 0 Å². The maximum Gasteiger partial charge on any atom is 0.254 e. The summed E-state index contributed by atoms with van der Waals surface area (Å²) in [5.74, 6) is 2.12. The Morgan fingerprint density at radius 1 is 0.523 bits per heavy atom. The monoisotopic (exact) mass is 592 g/mol. The molecule has 0 unspecified atom stereocenters. The van der Waals surface area contributed by atoms with Crippen molar-refractivity contribution in [2.45, 2.75) is 40.8 Å². The second-order valence-electron chi connectivity index (χ2n) is 11.9. The van der Waals surface area contributed by atoms with Gasteiger partial charge < -0.3 is 19.3 Å². The lowest BCUT2D eigenvalue weighted by molar-refractivity contribution is 0.0644. The van der Waals surface area contributed by atoms with Gasteiger partial charge in [-0.1, -0.05) is 88.4 Å². The molecule has 0 saturated heterocycles. The standard InChI is InChI=1S/C38H44N2O4/c1-29(2)27-43-35-19-15-33(16-20-35)37(41)39(25-31-11-7-5-8-12-31)23-24-40(26-32-13-9-6-10-14-32)38(42)34-17-21-36(22-18-34)44-28-30(3)4/h5-22,29-30H,23-28H2,1-4H3. The summed E-state index contributed by atoms with van der Waals surface area (Å²) in [5, 5.41) is 0. The molecule has 0 aliphatic heterocycles. The van der Waals surface area contributed by atoms with Crippen molar-refractivity contribution < 1.29 is 19.1 Å². The van der Waals surface area contributed by atoms with Crippen molar-refractivity contribution in [2.24, 2.45) is 11.8 Å². The van der Waals surface area contributed by atoms with Gasteiger partial charge in [0.1, 0.15) is 11.5 Å². The zero-order valence-corrected chi connectivity index (χ0v) is 26.3. The Labute approximate surface area is 262 Å². The summed E-state index contributed by atoms with van der Waals surface area (Å²) < 4.78 is 11.6. The van der Waals surface area contributed by atoms with Crippen LogP contribution in [0.15, 0.2) is 109 Å². The van der Waals surface area contributed by atoms with Crippen molar-refractivity contribution in [1.82, 2.24) is 9.80 Å². The van der Waals surface area contributed by atoms with Gasteiger partial charge in [0, 0.05) is 37.3 Å². The predicted octanol–water partition coefficient (Wildman–Crippen LogP) is 7.74. The van der Waals surface area contributed by atoms with Crippen LogP contribution in [0, 0.1) is 11.8 Å². The minimum Gasteiger partial charge on any atom is -0.493 e. The molecule has 6 nitrogen and oxygen atoms in total. The summed E-state index contributed by atoms with van der Waals surface area (Å²) in [7, 11) is 0. The van der Waals surface area contributed by atoms with E-state index in [4.69, 9.17) is 9.47 Å². The van der Waals surface area contributed by atoms with Crippen molar-refractivity contribution in [2.75, 3.05) is 26.3 Å². The Hall–Kier alpha value is -4.58. The lowest BCUT2D eigenvalue weighted by Gasteiger charge is -2.29. The van der Waals surface area contributed by atoms with E-state index in [9.17, 15) is 9.59 Å². The van der Waals surface area contributed by atoms with Gasteiger partial charge in [-0.05, 0) is 71.5 Å². The average molecular weight is 593 g/mol. The molecule has 4 aromatic rings. The summed E-state index contributed by atoms with van der Waals surface area (Å²) in [6.45, 7) is 11.2. The van der Waals surface area contributed by atoms with E-state index in [2.05, 4.69) is 27.7 Å². The van der Waals surface area contributed by atoms with Crippen molar-refractivity contribution in [3.05, 3.63) is 131 Å². The third-order valence-corrected chi connectivity index (χ3v) is 7.02. The molecule has 0 spiro atoms. The number of hydrogen-bond acceptors (Lipinski definition) is 4. The molecule has 0 aromatic heterocycles. The number of amides is 2. The fraction of sp³-hybridized carbons (Fsp3) is 0.316. The molecule has 0 saturated carbocycles. The average Bonchev–Trinajstić information content (AvgIpc) is 3.04. The summed E-state index contributed by atoms with van der Waals surface area (Å²) in [6.07, 6.45) is 0. The topological polar surface area (TPSA) is 59.1 Å². The molecule has 0 radical (unpaired) electrons. The number of carbonyl (C=O) groups is 2. The number of benzene rings is 4. The van der Waals surface area contributed by atoms with Crippen LogP contribution in [0.1, 0.15) is 59.5 Å². The van der Waals surface area contributed by atoms with Gasteiger partial charge in [0.15, 0.2) is 0 Å². The predicted molar refractivity (Wildman–Crippen MR) is 176 cm³/mol. The first-order valence-corrected chi connectivity index (χ1v) is 15.4. The van der Waals surface area contributed by atoms with Crippen molar-refractivity contribution in [3.63, 3.8) is 0 Å². The largest absolute Gasteiger partial charge is 0.493 e. The van der Waals surface area contributed by atoms with Gasteiger partial charge in [-0.15, -0.1) is 0 Å². The van der Waals surface area contributed by atoms with Gasteiger partial charge in [0.05, 0.1) is 13.2 Å². The van der Waals surface area contributed by atoms with Crippen molar-refractivity contribution in [3.8, 4) is 11.5 Å². The molecular weight excluding hydrogens is 548 g/mol. The van der Waals surface area contributed by atoms with Crippen LogP contribution < -0.4 is 9.47 Å². The minimum atomic E-state index is -0.0944. The van der Waals surface area contributed by atoms with Crippen LogP contribution in [-0.2, 0) is 13.1 Å². The maximum absolute atomic E-state index is 13.9. The molecule has 0 fully saturated rings. The summed E-state index contributed by atoms with van der Waals surface area (Å²) in [5.41, 5.74) is 3.21. The molecule has 0 bridgehead atoms. The Kier molecular flexibility index (Phi) is 12.0. The highest BCUT2D eigenvalue weighted by Gasteiger charge is 2.21. The van der Waals surface area contributed by atoms with E-state index in [0.29, 0.717) is 62.4 Å². The molecule has 4 rings (SSSR count). The van der Waals surface area contributed by atoms with Gasteiger partial charge in [0.2, 0.25) is 0 Å². The van der Waals surface area contributed by atoms with Gasteiger partial charge in [0.25, 0.3) is 11.8 Å². The highest BCUT2D eigenvalue weighted by molar-refractivity contribution is 5.95. The van der Waals surface area contributed by atoms with Crippen LogP contribution in [-0.4, -0.2) is 47.9 Å². The van der Waals surface area contributed by atoms with Gasteiger partial charge in [-0.25, -0.2) is 0 Å². The van der Waals surface area contributed by atoms with E-state index < -0.39 is 0 Å². The first-order chi connectivity index (χ1) is 21.3. The minimum absolute atomic E-state index is 0.0944. The Morgan fingerprint density at radius 3 is 1.18 bits per heavy atom. The molecule has 2 amide bonds. The Bertz CT molecular complexity index is 1320. The van der Waals surface area contributed by atoms with Crippen molar-refractivity contribution >= 4 is 11.8 Å². The first kappa shape index (κ1) is 32.3. The lowest BCUT2D eigenvalue weighted by atomic mass is 10.1. The highest BCUT2D eigenvalue weighted by Crippen LogP contribution is 2.19. The number of rotatable bonds is 15. The molecule has 0 N–H and O–H groups in total. The lowest BCUT2D eigenvalue weighted by Crippen LogP contribution is -2.40. The second kappa shape index (κ2) is 16.3. The van der Waals surface area contributed by atoms with Crippen LogP contribution in [0.25, 0.3) is 0 Å². The highest BCUT2D eigenvalue weighted by atomic mass is 16.5. The number of hydrogen-bond donors (Lipinski definition) is 0. The molecule has 6 heteroatoms. The molecule has 4 aromatic carbocycles. The molecule has 0 aliphatic rings. The fourth-order valence-electron chi connectivity index (χ4n) is 4.63. The van der Waals surface area contributed by atoms with Crippen LogP contribution in [0.3, 0.4) is 0 Å². The molecule has 230 valence electrons. The number of ether oxygens (including phenoxy) is 2. The van der Waals surface area contributed by atoms with E-state index in [1.165, 1.54) is 0 Å². The van der Waals surface area contributed by atoms with Crippen molar-refractivity contribution in [1.29, 1.82) is 0 Å². The third kappa shape index (κ3) is 10.0. The van der Waals surface area contributed by atoms with Gasteiger partial charge in [-0.3, -0.25) is 9.59 Å². The van der Waals surface area contributed by atoms with E-state index in [-0.39, 0.29) is 11.8 Å². The summed E-state index contributed by atoms with van der Waals surface area (Å²) in [6, 6.07) is 34.5. The quantitative estimate of drug-likeness (QED) is 0.142. The smallest absolute Gasteiger partial charge is 0.254 e. The van der Waals surface area contributed by atoms with E-state index in [1.54, 1.807) is 0 Å². The normalized spacial score (nSPS) is 11.0. The Morgan fingerprint density at radius 2 is 0.864 bits per heavy atom. The molecule has 0 atom stereocenters. The fourth-order valence-corrected chi connectivity index (χ4v) is 4.63. The molecule has 44 heavy (non-hydrogen) atoms. The zero-order valence-electron chi connectivity index (χ0n) is 26.3. The second-order valence-corrected chi connectivity index (χ2v) is 11.9. The SMILES string of the molecule is CC(C)COc1ccc(C(=O)N(CCN(Cc2ccccc2)C(=O)c2ccc(OCC(C)C)cc2)Cc2ccccc2)cc1. The van der Waals surface area contributed by atoms with Gasteiger partial charge >= 0.3 is 0 Å². The van der Waals surface area contributed by atoms with E-state index in [1.807, 2.05) is 119 Å². The zero-order chi connectivity index (χ0) is 31.3. The number of nitrogens with zero attached hydrogens (tertiary/aromatic N) is 2. The first-order valence-electron chi connectivity index (χ1n) is 15.4. The van der Waals surface area contributed by atoms with Crippen LogP contribution in [0.2, 0.25) is 0 Å². The van der Waals surface area contributed by atoms with Gasteiger partial charge in [-0.2, -0.15) is 0 Å².